The van der Waals surface area contributed by atoms with E-state index in [2.05, 4.69) is 14.8 Å². The number of hydrogen-bond acceptors (Lipinski definition) is 5. The highest BCUT2D eigenvalue weighted by molar-refractivity contribution is 7.90. The molecule has 0 radical (unpaired) electrons. The molecule has 174 valence electrons. The molecule has 33 heavy (non-hydrogen) atoms. The molecule has 0 unspecified atom stereocenters. The second-order valence-electron chi connectivity index (χ2n) is 7.40. The molecule has 2 aromatic carbocycles. The third-order valence-corrected chi connectivity index (χ3v) is 6.18. The second-order valence-corrected chi connectivity index (χ2v) is 9.41. The molecule has 9 nitrogen and oxygen atoms in total. The summed E-state index contributed by atoms with van der Waals surface area (Å²) in [5.41, 5.74) is 1.88. The Morgan fingerprint density at radius 2 is 2.03 bits per heavy atom. The van der Waals surface area contributed by atoms with Gasteiger partial charge in [-0.1, -0.05) is 35.9 Å². The molecule has 0 bridgehead atoms. The number of nitrogens with zero attached hydrogens (tertiary/aromatic N) is 4. The van der Waals surface area contributed by atoms with Crippen LogP contribution in [0.3, 0.4) is 0 Å². The van der Waals surface area contributed by atoms with Crippen LogP contribution in [0, 0.1) is 0 Å². The number of nitrogens with one attached hydrogen (secondary N) is 1. The van der Waals surface area contributed by atoms with Crippen molar-refractivity contribution in [3.63, 3.8) is 0 Å². The van der Waals surface area contributed by atoms with Crippen molar-refractivity contribution in [1.82, 2.24) is 14.7 Å². The van der Waals surface area contributed by atoms with Crippen LogP contribution < -0.4 is 5.32 Å². The molecule has 1 aromatic heterocycles. The number of benzene rings is 2. The Kier molecular flexibility index (Phi) is 7.85. The van der Waals surface area contributed by atoms with Crippen LogP contribution in [-0.2, 0) is 27.8 Å². The van der Waals surface area contributed by atoms with Crippen LogP contribution in [0.4, 0.5) is 5.69 Å². The first-order valence-electron chi connectivity index (χ1n) is 9.97. The van der Waals surface area contributed by atoms with E-state index in [1.807, 2.05) is 0 Å². The molecule has 0 aliphatic rings. The number of hydrogen-bond donors (Lipinski definition) is 2. The molecule has 0 saturated heterocycles. The minimum absolute atomic E-state index is 0.0379. The van der Waals surface area contributed by atoms with Crippen molar-refractivity contribution in [2.75, 3.05) is 26.0 Å². The van der Waals surface area contributed by atoms with E-state index in [0.717, 1.165) is 0 Å². The maximum absolute atomic E-state index is 13.0. The Morgan fingerprint density at radius 3 is 2.73 bits per heavy atom. The van der Waals surface area contributed by atoms with E-state index in [1.54, 1.807) is 56.7 Å². The van der Waals surface area contributed by atoms with Crippen LogP contribution in [0.5, 0.6) is 0 Å². The van der Waals surface area contributed by atoms with Crippen molar-refractivity contribution >= 4 is 39.6 Å². The molecular formula is C22H24ClN5O4S. The fourth-order valence-corrected chi connectivity index (χ4v) is 4.38. The maximum Gasteiger partial charge on any atom is 0.284 e. The molecule has 0 saturated carbocycles. The van der Waals surface area contributed by atoms with Crippen LogP contribution in [0.15, 0.2) is 64.2 Å². The smallest absolute Gasteiger partial charge is 0.284 e. The quantitative estimate of drug-likeness (QED) is 0.352. The number of carbonyl (C=O) groups is 1. The van der Waals surface area contributed by atoms with Crippen LogP contribution in [0.25, 0.3) is 11.1 Å². The lowest BCUT2D eigenvalue weighted by molar-refractivity contribution is -0.115. The fourth-order valence-electron chi connectivity index (χ4n) is 3.01. The van der Waals surface area contributed by atoms with Gasteiger partial charge in [0.15, 0.2) is 0 Å². The summed E-state index contributed by atoms with van der Waals surface area (Å²) < 4.78 is 31.3. The molecule has 0 fully saturated rings. The van der Waals surface area contributed by atoms with E-state index in [4.69, 9.17) is 16.7 Å². The lowest BCUT2D eigenvalue weighted by atomic mass is 10.1. The average Bonchev–Trinajstić information content (AvgIpc) is 3.23. The Morgan fingerprint density at radius 1 is 1.27 bits per heavy atom. The van der Waals surface area contributed by atoms with E-state index in [1.165, 1.54) is 28.2 Å². The first-order chi connectivity index (χ1) is 15.7. The van der Waals surface area contributed by atoms with Gasteiger partial charge in [-0.15, -0.1) is 4.40 Å². The molecule has 0 aliphatic carbocycles. The number of sulfonamides is 1. The van der Waals surface area contributed by atoms with Gasteiger partial charge in [0.05, 0.1) is 30.7 Å². The first kappa shape index (κ1) is 24.4. The molecule has 1 amide bonds. The minimum Gasteiger partial charge on any atom is -0.394 e. The van der Waals surface area contributed by atoms with Crippen molar-refractivity contribution in [1.29, 1.82) is 0 Å². The van der Waals surface area contributed by atoms with Crippen LogP contribution in [-0.4, -0.2) is 61.2 Å². The molecule has 1 heterocycles. The second kappa shape index (κ2) is 10.6. The van der Waals surface area contributed by atoms with E-state index in [0.29, 0.717) is 27.4 Å². The summed E-state index contributed by atoms with van der Waals surface area (Å²) in [5.74, 6) is -0.341. The van der Waals surface area contributed by atoms with Gasteiger partial charge >= 0.3 is 0 Å². The molecule has 3 aromatic rings. The highest BCUT2D eigenvalue weighted by atomic mass is 35.5. The van der Waals surface area contributed by atoms with Gasteiger partial charge in [-0.3, -0.25) is 9.48 Å². The van der Waals surface area contributed by atoms with Gasteiger partial charge in [-0.25, -0.2) is 0 Å². The van der Waals surface area contributed by atoms with Crippen molar-refractivity contribution in [2.24, 2.45) is 4.40 Å². The zero-order valence-corrected chi connectivity index (χ0v) is 19.7. The molecule has 0 aliphatic heterocycles. The summed E-state index contributed by atoms with van der Waals surface area (Å²) in [6.45, 7) is 0.173. The zero-order valence-electron chi connectivity index (χ0n) is 18.1. The van der Waals surface area contributed by atoms with Gasteiger partial charge in [-0.05, 0) is 23.8 Å². The number of halogens is 1. The number of anilines is 1. The molecule has 0 spiro atoms. The average molecular weight is 490 g/mol. The molecule has 3 rings (SSSR count). The Bertz CT molecular complexity index is 1270. The standard InChI is InChI=1S/C22H24ClN5O4S/c1-27(2)15-25-33(31,32)21-12-18(26-22(30)11-16-5-3-4-6-20(16)23)7-8-19(21)17-13-24-28(14-17)9-10-29/h3-8,12-15,29H,9-11H2,1-2H3,(H,26,30). The number of aromatic nitrogens is 2. The van der Waals surface area contributed by atoms with Gasteiger partial charge in [0.1, 0.15) is 6.34 Å². The SMILES string of the molecule is CN(C)C=NS(=O)(=O)c1cc(NC(=O)Cc2ccccc2Cl)ccc1-c1cnn(CCO)c1. The molecule has 0 atom stereocenters. The van der Waals surface area contributed by atoms with E-state index >= 15 is 0 Å². The minimum atomic E-state index is -4.09. The van der Waals surface area contributed by atoms with E-state index in [-0.39, 0.29) is 30.4 Å². The summed E-state index contributed by atoms with van der Waals surface area (Å²) in [5, 5.41) is 16.5. The van der Waals surface area contributed by atoms with Gasteiger partial charge in [0.25, 0.3) is 10.0 Å². The predicted molar refractivity (Wildman–Crippen MR) is 128 cm³/mol. The predicted octanol–water partition coefficient (Wildman–Crippen LogP) is 2.66. The third-order valence-electron chi connectivity index (χ3n) is 4.54. The van der Waals surface area contributed by atoms with Gasteiger partial charge in [0, 0.05) is 42.1 Å². The molecule has 2 N–H and O–H groups in total. The Hall–Kier alpha value is -3.21. The number of carbonyl (C=O) groups excluding carboxylic acids is 1. The zero-order chi connectivity index (χ0) is 24.0. The highest BCUT2D eigenvalue weighted by Crippen LogP contribution is 2.31. The third kappa shape index (κ3) is 6.41. The number of aliphatic hydroxyl groups is 1. The van der Waals surface area contributed by atoms with Gasteiger partial charge in [-0.2, -0.15) is 13.5 Å². The number of amides is 1. The largest absolute Gasteiger partial charge is 0.394 e. The van der Waals surface area contributed by atoms with E-state index in [9.17, 15) is 13.2 Å². The first-order valence-corrected chi connectivity index (χ1v) is 11.8. The van der Waals surface area contributed by atoms with Gasteiger partial charge in [0.2, 0.25) is 5.91 Å². The van der Waals surface area contributed by atoms with Crippen LogP contribution in [0.2, 0.25) is 5.02 Å². The van der Waals surface area contributed by atoms with Gasteiger partial charge < -0.3 is 15.3 Å². The Labute approximate surface area is 197 Å². The van der Waals surface area contributed by atoms with Crippen molar-refractivity contribution < 1.29 is 18.3 Å². The van der Waals surface area contributed by atoms with Crippen molar-refractivity contribution in [2.45, 2.75) is 17.9 Å². The monoisotopic (exact) mass is 489 g/mol. The van der Waals surface area contributed by atoms with Crippen molar-refractivity contribution in [3.05, 3.63) is 65.4 Å². The van der Waals surface area contributed by atoms with Crippen LogP contribution >= 0.6 is 11.6 Å². The number of aliphatic hydroxyl groups excluding tert-OH is 1. The maximum atomic E-state index is 13.0. The normalized spacial score (nSPS) is 11.6. The van der Waals surface area contributed by atoms with Crippen LogP contribution in [0.1, 0.15) is 5.56 Å². The molecule has 11 heteroatoms. The summed E-state index contributed by atoms with van der Waals surface area (Å²) in [6, 6.07) is 11.6. The Balaban J connectivity index is 1.96. The summed E-state index contributed by atoms with van der Waals surface area (Å²) in [4.78, 5) is 14.0. The fraction of sp³-hybridized carbons (Fsp3) is 0.227. The lowest BCUT2D eigenvalue weighted by Crippen LogP contribution is -2.15. The summed E-state index contributed by atoms with van der Waals surface area (Å²) >= 11 is 6.13. The molecular weight excluding hydrogens is 466 g/mol. The summed E-state index contributed by atoms with van der Waals surface area (Å²) in [6.07, 6.45) is 4.37. The highest BCUT2D eigenvalue weighted by Gasteiger charge is 2.21. The lowest BCUT2D eigenvalue weighted by Gasteiger charge is -2.12. The summed E-state index contributed by atoms with van der Waals surface area (Å²) in [7, 11) is -0.778. The van der Waals surface area contributed by atoms with Crippen molar-refractivity contribution in [3.8, 4) is 11.1 Å². The topological polar surface area (TPSA) is 117 Å². The number of rotatable bonds is 9. The van der Waals surface area contributed by atoms with E-state index < -0.39 is 10.0 Å².